The summed E-state index contributed by atoms with van der Waals surface area (Å²) in [5, 5.41) is 2.77. The molecule has 182 valence electrons. The van der Waals surface area contributed by atoms with E-state index in [1.807, 2.05) is 13.8 Å². The summed E-state index contributed by atoms with van der Waals surface area (Å²) in [5.74, 6) is 0.288. The summed E-state index contributed by atoms with van der Waals surface area (Å²) in [4.78, 5) is 20.5. The number of amides is 1. The Labute approximate surface area is 192 Å². The largest absolute Gasteiger partial charge is 0.491 e. The van der Waals surface area contributed by atoms with Gasteiger partial charge in [-0.2, -0.15) is 13.2 Å². The van der Waals surface area contributed by atoms with Crippen molar-refractivity contribution in [1.82, 2.24) is 15.3 Å². The van der Waals surface area contributed by atoms with Gasteiger partial charge >= 0.3 is 12.3 Å². The minimum Gasteiger partial charge on any atom is -0.491 e. The number of halogens is 3. The number of carbonyl (C=O) groups excluding carboxylic acids is 1. The molecule has 1 aromatic carbocycles. The third-order valence-corrected chi connectivity index (χ3v) is 4.56. The van der Waals surface area contributed by atoms with Crippen molar-refractivity contribution in [3.8, 4) is 17.0 Å². The van der Waals surface area contributed by atoms with Gasteiger partial charge in [0, 0.05) is 11.8 Å². The Morgan fingerprint density at radius 3 is 2.33 bits per heavy atom. The number of hydrogen-bond acceptors (Lipinski definition) is 5. The van der Waals surface area contributed by atoms with E-state index < -0.39 is 29.0 Å². The minimum atomic E-state index is -4.64. The minimum absolute atomic E-state index is 0.152. The fraction of sp³-hybridized carbons (Fsp3) is 0.542. The number of ether oxygens (including phenoxy) is 2. The van der Waals surface area contributed by atoms with Crippen LogP contribution in [-0.4, -0.2) is 33.8 Å². The third kappa shape index (κ3) is 8.22. The van der Waals surface area contributed by atoms with Crippen LogP contribution >= 0.6 is 0 Å². The van der Waals surface area contributed by atoms with Crippen LogP contribution in [0, 0.1) is 12.8 Å². The van der Waals surface area contributed by atoms with Gasteiger partial charge in [0.15, 0.2) is 0 Å². The summed E-state index contributed by atoms with van der Waals surface area (Å²) in [6, 6.07) is 5.36. The smallest absolute Gasteiger partial charge is 0.419 e. The quantitative estimate of drug-likeness (QED) is 0.526. The summed E-state index contributed by atoms with van der Waals surface area (Å²) in [7, 11) is 0. The van der Waals surface area contributed by atoms with E-state index in [9.17, 15) is 18.0 Å². The topological polar surface area (TPSA) is 73.3 Å². The predicted molar refractivity (Wildman–Crippen MR) is 120 cm³/mol. The molecule has 0 saturated heterocycles. The molecule has 2 rings (SSSR count). The third-order valence-electron chi connectivity index (χ3n) is 4.56. The summed E-state index contributed by atoms with van der Waals surface area (Å²) in [6.45, 7) is 12.3. The molecular weight excluding hydrogens is 435 g/mol. The highest BCUT2D eigenvalue weighted by Gasteiger charge is 2.36. The second-order valence-electron chi connectivity index (χ2n) is 9.77. The SMILES string of the molecule is Cc1nccc(-c2ccc(OCC(C)(CC(C)C)NC(=O)OC(C)(C)C)c(C(F)(F)F)c2)n1. The van der Waals surface area contributed by atoms with Crippen molar-refractivity contribution in [2.24, 2.45) is 5.92 Å². The number of benzene rings is 1. The van der Waals surface area contributed by atoms with Crippen LogP contribution in [0.3, 0.4) is 0 Å². The number of alkyl halides is 3. The first kappa shape index (κ1) is 26.4. The Hall–Kier alpha value is -2.84. The lowest BCUT2D eigenvalue weighted by Gasteiger charge is -2.33. The molecule has 1 unspecified atom stereocenters. The van der Waals surface area contributed by atoms with E-state index in [1.54, 1.807) is 40.7 Å². The van der Waals surface area contributed by atoms with Crippen molar-refractivity contribution < 1.29 is 27.4 Å². The average molecular weight is 468 g/mol. The Morgan fingerprint density at radius 2 is 1.79 bits per heavy atom. The van der Waals surface area contributed by atoms with Gasteiger partial charge in [0.1, 0.15) is 23.8 Å². The van der Waals surface area contributed by atoms with Crippen LogP contribution < -0.4 is 10.1 Å². The van der Waals surface area contributed by atoms with E-state index in [2.05, 4.69) is 15.3 Å². The Balaban J connectivity index is 2.31. The Morgan fingerprint density at radius 1 is 1.12 bits per heavy atom. The van der Waals surface area contributed by atoms with Gasteiger partial charge in [-0.15, -0.1) is 0 Å². The molecule has 0 fully saturated rings. The molecule has 1 N–H and O–H groups in total. The first-order valence-corrected chi connectivity index (χ1v) is 10.7. The fourth-order valence-electron chi connectivity index (χ4n) is 3.49. The van der Waals surface area contributed by atoms with E-state index in [0.717, 1.165) is 6.07 Å². The molecule has 1 atom stereocenters. The first-order valence-electron chi connectivity index (χ1n) is 10.7. The Bertz CT molecular complexity index is 971. The zero-order valence-corrected chi connectivity index (χ0v) is 20.1. The van der Waals surface area contributed by atoms with E-state index in [1.165, 1.54) is 18.3 Å². The van der Waals surface area contributed by atoms with Crippen LogP contribution in [-0.2, 0) is 10.9 Å². The number of alkyl carbamates (subject to hydrolysis) is 1. The molecule has 0 spiro atoms. The van der Waals surface area contributed by atoms with Gasteiger partial charge in [-0.1, -0.05) is 13.8 Å². The van der Waals surface area contributed by atoms with Gasteiger partial charge < -0.3 is 14.8 Å². The van der Waals surface area contributed by atoms with Crippen LogP contribution in [0.5, 0.6) is 5.75 Å². The summed E-state index contributed by atoms with van der Waals surface area (Å²) >= 11 is 0. The van der Waals surface area contributed by atoms with E-state index in [0.29, 0.717) is 23.5 Å². The van der Waals surface area contributed by atoms with Crippen molar-refractivity contribution in [3.05, 3.63) is 41.9 Å². The van der Waals surface area contributed by atoms with Crippen molar-refractivity contribution in [2.75, 3.05) is 6.61 Å². The monoisotopic (exact) mass is 467 g/mol. The van der Waals surface area contributed by atoms with Gasteiger partial charge in [-0.05, 0) is 71.2 Å². The highest BCUT2D eigenvalue weighted by atomic mass is 19.4. The lowest BCUT2D eigenvalue weighted by molar-refractivity contribution is -0.139. The Kier molecular flexibility index (Phi) is 7.98. The molecule has 33 heavy (non-hydrogen) atoms. The molecule has 9 heteroatoms. The van der Waals surface area contributed by atoms with Crippen molar-refractivity contribution >= 4 is 6.09 Å². The standard InChI is InChI=1S/C24H32F3N3O3/c1-15(2)13-23(7,30-21(31)33-22(4,5)6)14-32-20-9-8-17(12-18(20)24(25,26)27)19-10-11-28-16(3)29-19/h8-12,15H,13-14H2,1-7H3,(H,30,31). The van der Waals surface area contributed by atoms with Crippen LogP contribution in [0.15, 0.2) is 30.5 Å². The average Bonchev–Trinajstić information content (AvgIpc) is 2.63. The molecule has 0 aliphatic heterocycles. The molecule has 0 aliphatic carbocycles. The number of aryl methyl sites for hydroxylation is 1. The number of nitrogens with zero attached hydrogens (tertiary/aromatic N) is 2. The molecule has 0 aliphatic rings. The van der Waals surface area contributed by atoms with Gasteiger partial charge in [0.05, 0.1) is 16.8 Å². The lowest BCUT2D eigenvalue weighted by atomic mass is 9.91. The number of aromatic nitrogens is 2. The van der Waals surface area contributed by atoms with Crippen molar-refractivity contribution in [3.63, 3.8) is 0 Å². The summed E-state index contributed by atoms with van der Waals surface area (Å²) < 4.78 is 52.5. The first-order chi connectivity index (χ1) is 15.1. The maximum Gasteiger partial charge on any atom is 0.419 e. The fourth-order valence-corrected chi connectivity index (χ4v) is 3.49. The summed E-state index contributed by atoms with van der Waals surface area (Å²) in [5.41, 5.74) is -1.88. The van der Waals surface area contributed by atoms with Crippen molar-refractivity contribution in [1.29, 1.82) is 0 Å². The van der Waals surface area contributed by atoms with Gasteiger partial charge in [-0.3, -0.25) is 0 Å². The molecule has 1 heterocycles. The van der Waals surface area contributed by atoms with Crippen molar-refractivity contribution in [2.45, 2.75) is 72.2 Å². The van der Waals surface area contributed by atoms with Crippen LogP contribution in [0.1, 0.15) is 59.4 Å². The number of carbonyl (C=O) groups is 1. The normalized spacial score (nSPS) is 14.0. The molecular formula is C24H32F3N3O3. The van der Waals surface area contributed by atoms with Gasteiger partial charge in [-0.25, -0.2) is 14.8 Å². The lowest BCUT2D eigenvalue weighted by Crippen LogP contribution is -2.52. The number of rotatable bonds is 7. The summed E-state index contributed by atoms with van der Waals surface area (Å²) in [6.07, 6.45) is -3.32. The predicted octanol–water partition coefficient (Wildman–Crippen LogP) is 6.18. The second-order valence-corrected chi connectivity index (χ2v) is 9.77. The maximum absolute atomic E-state index is 13.8. The maximum atomic E-state index is 13.8. The zero-order valence-electron chi connectivity index (χ0n) is 20.1. The molecule has 0 radical (unpaired) electrons. The van der Waals surface area contributed by atoms with Crippen LogP contribution in [0.2, 0.25) is 0 Å². The molecule has 1 aromatic heterocycles. The number of nitrogens with one attached hydrogen (secondary N) is 1. The number of hydrogen-bond donors (Lipinski definition) is 1. The molecule has 0 bridgehead atoms. The molecule has 1 amide bonds. The van der Waals surface area contributed by atoms with E-state index >= 15 is 0 Å². The highest BCUT2D eigenvalue weighted by Crippen LogP contribution is 2.39. The molecule has 0 saturated carbocycles. The van der Waals surface area contributed by atoms with E-state index in [-0.39, 0.29) is 18.3 Å². The second kappa shape index (κ2) is 9.97. The van der Waals surface area contributed by atoms with E-state index in [4.69, 9.17) is 9.47 Å². The molecule has 6 nitrogen and oxygen atoms in total. The van der Waals surface area contributed by atoms with Gasteiger partial charge in [0.2, 0.25) is 0 Å². The van der Waals surface area contributed by atoms with Crippen LogP contribution in [0.25, 0.3) is 11.3 Å². The zero-order chi connectivity index (χ0) is 25.0. The highest BCUT2D eigenvalue weighted by molar-refractivity contribution is 5.68. The van der Waals surface area contributed by atoms with Gasteiger partial charge in [0.25, 0.3) is 0 Å². The van der Waals surface area contributed by atoms with Crippen LogP contribution in [0.4, 0.5) is 18.0 Å². The molecule has 2 aromatic rings.